The number of hydrogen-bond acceptors (Lipinski definition) is 3. The Morgan fingerprint density at radius 3 is 2.87 bits per heavy atom. The lowest BCUT2D eigenvalue weighted by atomic mass is 10.2. The van der Waals surface area contributed by atoms with E-state index in [-0.39, 0.29) is 5.91 Å². The van der Waals surface area contributed by atoms with Gasteiger partial charge in [-0.25, -0.2) is 0 Å². The number of nitrogens with zero attached hydrogens (tertiary/aromatic N) is 1. The third-order valence-electron chi connectivity index (χ3n) is 2.03. The van der Waals surface area contributed by atoms with E-state index in [1.807, 2.05) is 0 Å². The first-order valence-electron chi connectivity index (χ1n) is 5.17. The fraction of sp³-hybridized carbons (Fsp3) is 0.727. The van der Waals surface area contributed by atoms with Crippen molar-refractivity contribution in [3.05, 3.63) is 0 Å². The SMILES string of the molecule is C#CCOCCN(C)C(=O)CCCCN. The molecule has 4 nitrogen and oxygen atoms in total. The molecule has 0 radical (unpaired) electrons. The summed E-state index contributed by atoms with van der Waals surface area (Å²) in [5.41, 5.74) is 5.34. The number of likely N-dealkylation sites (N-methyl/N-ethyl adjacent to an activating group) is 1. The average molecular weight is 212 g/mol. The Morgan fingerprint density at radius 2 is 2.27 bits per heavy atom. The minimum atomic E-state index is 0.132. The Bertz CT molecular complexity index is 211. The van der Waals surface area contributed by atoms with Crippen LogP contribution in [0.2, 0.25) is 0 Å². The van der Waals surface area contributed by atoms with E-state index in [9.17, 15) is 4.79 Å². The van der Waals surface area contributed by atoms with E-state index in [0.29, 0.717) is 32.7 Å². The number of rotatable bonds is 8. The van der Waals surface area contributed by atoms with Crippen molar-refractivity contribution in [2.45, 2.75) is 19.3 Å². The number of ether oxygens (including phenoxy) is 1. The van der Waals surface area contributed by atoms with E-state index in [4.69, 9.17) is 16.9 Å². The maximum atomic E-state index is 11.5. The highest BCUT2D eigenvalue weighted by Crippen LogP contribution is 1.98. The van der Waals surface area contributed by atoms with Crippen molar-refractivity contribution in [1.29, 1.82) is 0 Å². The topological polar surface area (TPSA) is 55.6 Å². The van der Waals surface area contributed by atoms with Crippen LogP contribution < -0.4 is 5.73 Å². The van der Waals surface area contributed by atoms with Crippen LogP contribution in [0.25, 0.3) is 0 Å². The molecule has 86 valence electrons. The van der Waals surface area contributed by atoms with Gasteiger partial charge in [-0.05, 0) is 19.4 Å². The van der Waals surface area contributed by atoms with Crippen molar-refractivity contribution in [1.82, 2.24) is 4.90 Å². The smallest absolute Gasteiger partial charge is 0.222 e. The summed E-state index contributed by atoms with van der Waals surface area (Å²) in [7, 11) is 1.77. The molecule has 4 heteroatoms. The van der Waals surface area contributed by atoms with Gasteiger partial charge < -0.3 is 15.4 Å². The van der Waals surface area contributed by atoms with Crippen LogP contribution in [-0.2, 0) is 9.53 Å². The van der Waals surface area contributed by atoms with E-state index in [2.05, 4.69) is 5.92 Å². The summed E-state index contributed by atoms with van der Waals surface area (Å²) in [6.07, 6.45) is 7.33. The molecule has 0 atom stereocenters. The Hall–Kier alpha value is -1.05. The summed E-state index contributed by atoms with van der Waals surface area (Å²) < 4.78 is 5.08. The number of unbranched alkanes of at least 4 members (excludes halogenated alkanes) is 1. The van der Waals surface area contributed by atoms with Crippen molar-refractivity contribution < 1.29 is 9.53 Å². The molecule has 0 aliphatic rings. The second-order valence-electron chi connectivity index (χ2n) is 3.32. The number of hydrogen-bond donors (Lipinski definition) is 1. The third kappa shape index (κ3) is 7.98. The van der Waals surface area contributed by atoms with Gasteiger partial charge in [-0.2, -0.15) is 0 Å². The quantitative estimate of drug-likeness (QED) is 0.462. The van der Waals surface area contributed by atoms with Crippen molar-refractivity contribution in [2.24, 2.45) is 5.73 Å². The summed E-state index contributed by atoms with van der Waals surface area (Å²) in [6.45, 7) is 2.02. The zero-order valence-electron chi connectivity index (χ0n) is 9.37. The molecule has 0 aromatic heterocycles. The molecule has 0 aliphatic carbocycles. The van der Waals surface area contributed by atoms with Gasteiger partial charge in [0.15, 0.2) is 0 Å². The highest BCUT2D eigenvalue weighted by molar-refractivity contribution is 5.75. The van der Waals surface area contributed by atoms with E-state index >= 15 is 0 Å². The van der Waals surface area contributed by atoms with Crippen molar-refractivity contribution in [2.75, 3.05) is 33.4 Å². The van der Waals surface area contributed by atoms with Gasteiger partial charge in [-0.3, -0.25) is 4.79 Å². The lowest BCUT2D eigenvalue weighted by molar-refractivity contribution is -0.130. The molecule has 0 rings (SSSR count). The van der Waals surface area contributed by atoms with Crippen LogP contribution in [0.1, 0.15) is 19.3 Å². The molecular formula is C11H20N2O2. The summed E-state index contributed by atoms with van der Waals surface area (Å²) in [6, 6.07) is 0. The number of carbonyl (C=O) groups excluding carboxylic acids is 1. The Morgan fingerprint density at radius 1 is 1.53 bits per heavy atom. The highest BCUT2D eigenvalue weighted by Gasteiger charge is 2.06. The van der Waals surface area contributed by atoms with Crippen LogP contribution in [0.5, 0.6) is 0 Å². The lowest BCUT2D eigenvalue weighted by Crippen LogP contribution is -2.30. The van der Waals surface area contributed by atoms with Gasteiger partial charge in [0.05, 0.1) is 6.61 Å². The second kappa shape index (κ2) is 9.50. The zero-order chi connectivity index (χ0) is 11.5. The monoisotopic (exact) mass is 212 g/mol. The van der Waals surface area contributed by atoms with E-state index in [1.54, 1.807) is 11.9 Å². The summed E-state index contributed by atoms with van der Waals surface area (Å²) in [5, 5.41) is 0. The van der Waals surface area contributed by atoms with Gasteiger partial charge in [0, 0.05) is 20.0 Å². The minimum Gasteiger partial charge on any atom is -0.367 e. The number of carbonyl (C=O) groups is 1. The van der Waals surface area contributed by atoms with Crippen LogP contribution in [0.15, 0.2) is 0 Å². The third-order valence-corrected chi connectivity index (χ3v) is 2.03. The molecular weight excluding hydrogens is 192 g/mol. The molecule has 0 aromatic carbocycles. The Labute approximate surface area is 91.8 Å². The molecule has 0 saturated carbocycles. The van der Waals surface area contributed by atoms with E-state index < -0.39 is 0 Å². The van der Waals surface area contributed by atoms with E-state index in [0.717, 1.165) is 12.8 Å². The van der Waals surface area contributed by atoms with Crippen LogP contribution >= 0.6 is 0 Å². The first-order chi connectivity index (χ1) is 7.22. The molecule has 0 heterocycles. The Kier molecular flexibility index (Phi) is 8.84. The summed E-state index contributed by atoms with van der Waals surface area (Å²) >= 11 is 0. The molecule has 0 aromatic rings. The average Bonchev–Trinajstić information content (AvgIpc) is 2.24. The van der Waals surface area contributed by atoms with Crippen molar-refractivity contribution >= 4 is 5.91 Å². The molecule has 0 saturated heterocycles. The fourth-order valence-corrected chi connectivity index (χ4v) is 1.07. The van der Waals surface area contributed by atoms with Crippen LogP contribution in [-0.4, -0.2) is 44.2 Å². The van der Waals surface area contributed by atoms with Gasteiger partial charge in [0.1, 0.15) is 6.61 Å². The molecule has 0 spiro atoms. The molecule has 2 N–H and O–H groups in total. The minimum absolute atomic E-state index is 0.132. The fourth-order valence-electron chi connectivity index (χ4n) is 1.07. The molecule has 15 heavy (non-hydrogen) atoms. The van der Waals surface area contributed by atoms with Gasteiger partial charge >= 0.3 is 0 Å². The molecule has 1 amide bonds. The maximum Gasteiger partial charge on any atom is 0.222 e. The maximum absolute atomic E-state index is 11.5. The summed E-state index contributed by atoms with van der Waals surface area (Å²) in [4.78, 5) is 13.1. The number of amides is 1. The second-order valence-corrected chi connectivity index (χ2v) is 3.32. The predicted octanol–water partition coefficient (Wildman–Crippen LogP) is 0.224. The van der Waals surface area contributed by atoms with E-state index in [1.165, 1.54) is 0 Å². The first-order valence-corrected chi connectivity index (χ1v) is 5.17. The van der Waals surface area contributed by atoms with Crippen LogP contribution in [0.3, 0.4) is 0 Å². The van der Waals surface area contributed by atoms with Crippen molar-refractivity contribution in [3.63, 3.8) is 0 Å². The largest absolute Gasteiger partial charge is 0.367 e. The predicted molar refractivity (Wildman–Crippen MR) is 60.2 cm³/mol. The molecule has 0 aliphatic heterocycles. The highest BCUT2D eigenvalue weighted by atomic mass is 16.5. The molecule has 0 fully saturated rings. The van der Waals surface area contributed by atoms with Gasteiger partial charge in [-0.15, -0.1) is 6.42 Å². The lowest BCUT2D eigenvalue weighted by Gasteiger charge is -2.16. The Balaban J connectivity index is 3.47. The standard InChI is InChI=1S/C11H20N2O2/c1-3-9-15-10-8-13(2)11(14)6-4-5-7-12/h1H,4-10,12H2,2H3. The molecule has 0 bridgehead atoms. The number of nitrogens with two attached hydrogens (primary N) is 1. The zero-order valence-corrected chi connectivity index (χ0v) is 9.37. The van der Waals surface area contributed by atoms with Gasteiger partial charge in [0.2, 0.25) is 5.91 Å². The normalized spacial score (nSPS) is 9.67. The summed E-state index contributed by atoms with van der Waals surface area (Å²) in [5.74, 6) is 2.51. The van der Waals surface area contributed by atoms with Gasteiger partial charge in [-0.1, -0.05) is 5.92 Å². The van der Waals surface area contributed by atoms with Crippen molar-refractivity contribution in [3.8, 4) is 12.3 Å². The first kappa shape index (κ1) is 13.9. The van der Waals surface area contributed by atoms with Crippen LogP contribution in [0.4, 0.5) is 0 Å². The van der Waals surface area contributed by atoms with Crippen LogP contribution in [0, 0.1) is 12.3 Å². The number of terminal acetylenes is 1. The molecule has 0 unspecified atom stereocenters. The van der Waals surface area contributed by atoms with Gasteiger partial charge in [0.25, 0.3) is 0 Å².